The Hall–Kier alpha value is -1.91. The van der Waals surface area contributed by atoms with Crippen molar-refractivity contribution in [1.82, 2.24) is 10.3 Å². The second-order valence-electron chi connectivity index (χ2n) is 5.03. The van der Waals surface area contributed by atoms with Crippen molar-refractivity contribution in [1.29, 1.82) is 0 Å². The fourth-order valence-electron chi connectivity index (χ4n) is 2.66. The average Bonchev–Trinajstić information content (AvgIpc) is 2.84. The number of fused-ring (bicyclic) bond motifs is 1. The third-order valence-corrected chi connectivity index (χ3v) is 3.93. The molecule has 2 heterocycles. The molecule has 1 aliphatic heterocycles. The van der Waals surface area contributed by atoms with Crippen molar-refractivity contribution in [2.45, 2.75) is 19.4 Å². The first-order chi connectivity index (χ1) is 10.2. The Balaban J connectivity index is 2.04. The molecule has 3 rings (SSSR count). The van der Waals surface area contributed by atoms with Crippen LogP contribution >= 0.6 is 11.6 Å². The van der Waals surface area contributed by atoms with E-state index in [1.165, 1.54) is 0 Å². The molecule has 2 aromatic rings. The molecular weight excluding hydrogens is 286 g/mol. The van der Waals surface area contributed by atoms with Crippen LogP contribution in [0.15, 0.2) is 36.7 Å². The van der Waals surface area contributed by atoms with Crippen molar-refractivity contribution in [3.8, 4) is 0 Å². The van der Waals surface area contributed by atoms with E-state index in [0.29, 0.717) is 11.4 Å². The van der Waals surface area contributed by atoms with Crippen LogP contribution in [0, 0.1) is 0 Å². The van der Waals surface area contributed by atoms with Crippen molar-refractivity contribution in [2.24, 2.45) is 0 Å². The van der Waals surface area contributed by atoms with Crippen molar-refractivity contribution < 1.29 is 4.79 Å². The molecule has 1 unspecified atom stereocenters. The number of anilines is 1. The number of nitrogens with one attached hydrogen (secondary N) is 2. The number of nitrogens with zero attached hydrogens (tertiary/aromatic N) is 1. The zero-order valence-corrected chi connectivity index (χ0v) is 12.4. The smallest absolute Gasteiger partial charge is 0.228 e. The maximum absolute atomic E-state index is 11.5. The third-order valence-electron chi connectivity index (χ3n) is 3.61. The van der Waals surface area contributed by atoms with Gasteiger partial charge in [0.05, 0.1) is 12.5 Å². The molecule has 108 valence electrons. The zero-order chi connectivity index (χ0) is 14.8. The highest BCUT2D eigenvalue weighted by Gasteiger charge is 2.23. The molecule has 0 saturated carbocycles. The van der Waals surface area contributed by atoms with Crippen LogP contribution in [0.3, 0.4) is 0 Å². The van der Waals surface area contributed by atoms with Gasteiger partial charge >= 0.3 is 0 Å². The van der Waals surface area contributed by atoms with Crippen LogP contribution < -0.4 is 10.6 Å². The highest BCUT2D eigenvalue weighted by atomic mass is 35.5. The number of carbonyl (C=O) groups is 1. The zero-order valence-electron chi connectivity index (χ0n) is 11.7. The Morgan fingerprint density at radius 3 is 2.86 bits per heavy atom. The Kier molecular flexibility index (Phi) is 3.90. The van der Waals surface area contributed by atoms with Gasteiger partial charge in [0.15, 0.2) is 0 Å². The lowest BCUT2D eigenvalue weighted by Crippen LogP contribution is -2.22. The van der Waals surface area contributed by atoms with Crippen LogP contribution in [-0.2, 0) is 11.2 Å². The molecule has 1 aliphatic rings. The van der Waals surface area contributed by atoms with Gasteiger partial charge < -0.3 is 10.6 Å². The maximum atomic E-state index is 11.5. The summed E-state index contributed by atoms with van der Waals surface area (Å²) in [6, 6.07) is 7.79. The van der Waals surface area contributed by atoms with E-state index in [4.69, 9.17) is 11.6 Å². The molecule has 0 aliphatic carbocycles. The summed E-state index contributed by atoms with van der Waals surface area (Å²) < 4.78 is 0. The van der Waals surface area contributed by atoms with Gasteiger partial charge in [-0.25, -0.2) is 0 Å². The molecule has 0 spiro atoms. The Morgan fingerprint density at radius 2 is 2.14 bits per heavy atom. The van der Waals surface area contributed by atoms with E-state index in [-0.39, 0.29) is 11.9 Å². The first kappa shape index (κ1) is 14.0. The van der Waals surface area contributed by atoms with E-state index in [1.807, 2.05) is 24.3 Å². The number of pyridine rings is 1. The molecule has 4 nitrogen and oxygen atoms in total. The summed E-state index contributed by atoms with van der Waals surface area (Å²) in [5.74, 6) is 0.0159. The van der Waals surface area contributed by atoms with Gasteiger partial charge in [-0.3, -0.25) is 9.78 Å². The lowest BCUT2D eigenvalue weighted by atomic mass is 9.97. The van der Waals surface area contributed by atoms with E-state index >= 15 is 0 Å². The minimum Gasteiger partial charge on any atom is -0.325 e. The molecule has 21 heavy (non-hydrogen) atoms. The quantitative estimate of drug-likeness (QED) is 0.913. The summed E-state index contributed by atoms with van der Waals surface area (Å²) in [6.45, 7) is 2.87. The summed E-state index contributed by atoms with van der Waals surface area (Å²) in [4.78, 5) is 15.6. The number of aromatic nitrogens is 1. The van der Waals surface area contributed by atoms with E-state index in [0.717, 1.165) is 28.9 Å². The van der Waals surface area contributed by atoms with Gasteiger partial charge in [0.25, 0.3) is 0 Å². The van der Waals surface area contributed by atoms with Crippen LogP contribution in [0.1, 0.15) is 29.7 Å². The Morgan fingerprint density at radius 1 is 1.38 bits per heavy atom. The first-order valence-corrected chi connectivity index (χ1v) is 7.32. The fraction of sp³-hybridized carbons (Fsp3) is 0.250. The number of amides is 1. The van der Waals surface area contributed by atoms with Gasteiger partial charge in [-0.05, 0) is 47.5 Å². The molecule has 5 heteroatoms. The van der Waals surface area contributed by atoms with Gasteiger partial charge in [-0.2, -0.15) is 0 Å². The molecule has 1 aromatic heterocycles. The molecule has 1 atom stereocenters. The predicted octanol–water partition coefficient (Wildman–Crippen LogP) is 2.93. The van der Waals surface area contributed by atoms with Gasteiger partial charge in [-0.15, -0.1) is 0 Å². The minimum atomic E-state index is -0.00787. The molecule has 1 aromatic carbocycles. The number of halogens is 1. The van der Waals surface area contributed by atoms with Crippen LogP contribution in [0.5, 0.6) is 0 Å². The summed E-state index contributed by atoms with van der Waals surface area (Å²) in [7, 11) is 0. The molecule has 0 saturated heterocycles. The van der Waals surface area contributed by atoms with E-state index < -0.39 is 0 Å². The molecule has 1 amide bonds. The molecule has 0 radical (unpaired) electrons. The fourth-order valence-corrected chi connectivity index (χ4v) is 2.93. The van der Waals surface area contributed by atoms with Gasteiger partial charge in [0.2, 0.25) is 5.91 Å². The molecular formula is C16H16ClN3O. The molecule has 2 N–H and O–H groups in total. The van der Waals surface area contributed by atoms with Crippen LogP contribution in [0.25, 0.3) is 0 Å². The number of rotatable bonds is 4. The minimum absolute atomic E-state index is 0.00787. The largest absolute Gasteiger partial charge is 0.325 e. The van der Waals surface area contributed by atoms with Crippen LogP contribution in [-0.4, -0.2) is 17.4 Å². The van der Waals surface area contributed by atoms with Crippen molar-refractivity contribution in [3.05, 3.63) is 58.4 Å². The molecule has 0 bridgehead atoms. The van der Waals surface area contributed by atoms with Crippen LogP contribution in [0.2, 0.25) is 5.02 Å². The first-order valence-electron chi connectivity index (χ1n) is 6.94. The van der Waals surface area contributed by atoms with Gasteiger partial charge in [0.1, 0.15) is 0 Å². The topological polar surface area (TPSA) is 54.0 Å². The van der Waals surface area contributed by atoms with Crippen molar-refractivity contribution >= 4 is 23.2 Å². The number of carbonyl (C=O) groups excluding carboxylic acids is 1. The summed E-state index contributed by atoms with van der Waals surface area (Å²) >= 11 is 6.43. The predicted molar refractivity (Wildman–Crippen MR) is 83.5 cm³/mol. The number of hydrogen-bond acceptors (Lipinski definition) is 3. The van der Waals surface area contributed by atoms with Crippen LogP contribution in [0.4, 0.5) is 5.69 Å². The number of hydrogen-bond donors (Lipinski definition) is 2. The second-order valence-corrected chi connectivity index (χ2v) is 5.43. The maximum Gasteiger partial charge on any atom is 0.228 e. The Labute approximate surface area is 128 Å². The lowest BCUT2D eigenvalue weighted by molar-refractivity contribution is -0.115. The van der Waals surface area contributed by atoms with Gasteiger partial charge in [-0.1, -0.05) is 18.5 Å². The average molecular weight is 302 g/mol. The lowest BCUT2D eigenvalue weighted by Gasteiger charge is -2.21. The van der Waals surface area contributed by atoms with Gasteiger partial charge in [0, 0.05) is 23.1 Å². The Bertz CT molecular complexity index is 673. The highest BCUT2D eigenvalue weighted by molar-refractivity contribution is 6.32. The SMILES string of the molecule is CCNC(c1ccncc1)c1cc2c(cc1Cl)NC(=O)C2. The highest BCUT2D eigenvalue weighted by Crippen LogP contribution is 2.35. The standard InChI is InChI=1S/C16H16ClN3O/c1-2-19-16(10-3-5-18-6-4-10)12-7-11-8-15(21)20-14(11)9-13(12)17/h3-7,9,16,19H,2,8H2,1H3,(H,20,21). The number of benzene rings is 1. The third kappa shape index (κ3) is 2.77. The molecule has 0 fully saturated rings. The van der Waals surface area contributed by atoms with E-state index in [1.54, 1.807) is 12.4 Å². The normalized spacial score (nSPS) is 14.7. The van der Waals surface area contributed by atoms with E-state index in [9.17, 15) is 4.79 Å². The monoisotopic (exact) mass is 301 g/mol. The summed E-state index contributed by atoms with van der Waals surface area (Å²) in [5, 5.41) is 6.91. The van der Waals surface area contributed by atoms with Crippen molar-refractivity contribution in [2.75, 3.05) is 11.9 Å². The summed E-state index contributed by atoms with van der Waals surface area (Å²) in [6.07, 6.45) is 3.95. The van der Waals surface area contributed by atoms with E-state index in [2.05, 4.69) is 22.5 Å². The summed E-state index contributed by atoms with van der Waals surface area (Å²) in [5.41, 5.74) is 3.90. The second kappa shape index (κ2) is 5.84. The van der Waals surface area contributed by atoms with Crippen molar-refractivity contribution in [3.63, 3.8) is 0 Å².